The van der Waals surface area contributed by atoms with Gasteiger partial charge in [0.2, 0.25) is 15.9 Å². The molecule has 0 bridgehead atoms. The van der Waals surface area contributed by atoms with Crippen molar-refractivity contribution in [3.63, 3.8) is 0 Å². The number of nitrogens with one attached hydrogen (secondary N) is 1. The lowest BCUT2D eigenvalue weighted by Gasteiger charge is -2.26. The fourth-order valence-corrected chi connectivity index (χ4v) is 6.86. The normalized spacial score (nSPS) is 17.2. The average molecular weight is 605 g/mol. The number of hydrogen-bond acceptors (Lipinski definition) is 10. The van der Waals surface area contributed by atoms with Crippen molar-refractivity contribution >= 4 is 50.3 Å². The first-order chi connectivity index (χ1) is 19.1. The van der Waals surface area contributed by atoms with Crippen LogP contribution >= 0.6 is 23.5 Å². The van der Waals surface area contributed by atoms with Crippen LogP contribution in [0.15, 0.2) is 58.5 Å². The van der Waals surface area contributed by atoms with Gasteiger partial charge in [0.15, 0.2) is 10.7 Å². The SMILES string of the molecule is CC1CCC(NS(=O)(=O)c2c(O)ccc3nsnc23)CC1.CSc1cccc(Oc2ncc(F)cc2C(C)=O)c1. The van der Waals surface area contributed by atoms with Gasteiger partial charge in [0.25, 0.3) is 0 Å². The number of pyridine rings is 1. The van der Waals surface area contributed by atoms with Crippen molar-refractivity contribution in [2.24, 2.45) is 5.92 Å². The Bertz CT molecular complexity index is 1610. The molecule has 0 aliphatic heterocycles. The second-order valence-electron chi connectivity index (χ2n) is 9.47. The molecule has 2 aromatic heterocycles. The molecule has 4 aromatic rings. The number of thioether (sulfide) groups is 1. The van der Waals surface area contributed by atoms with E-state index in [1.54, 1.807) is 23.9 Å². The Morgan fingerprint density at radius 3 is 2.60 bits per heavy atom. The van der Waals surface area contributed by atoms with Crippen molar-refractivity contribution in [3.05, 3.63) is 60.0 Å². The summed E-state index contributed by atoms with van der Waals surface area (Å²) in [5, 5.41) is 9.95. The van der Waals surface area contributed by atoms with Crippen LogP contribution < -0.4 is 9.46 Å². The summed E-state index contributed by atoms with van der Waals surface area (Å²) in [6, 6.07) is 11.3. The number of phenolic OH excluding ortho intramolecular Hbond substituents is 1. The number of phenols is 1. The molecule has 0 atom stereocenters. The van der Waals surface area contributed by atoms with Crippen molar-refractivity contribution < 1.29 is 27.4 Å². The molecule has 0 saturated heterocycles. The number of aromatic nitrogens is 3. The molecule has 5 rings (SSSR count). The van der Waals surface area contributed by atoms with E-state index in [-0.39, 0.29) is 39.4 Å². The van der Waals surface area contributed by atoms with Gasteiger partial charge in [0.1, 0.15) is 28.3 Å². The zero-order valence-electron chi connectivity index (χ0n) is 22.1. The molecule has 40 heavy (non-hydrogen) atoms. The predicted molar refractivity (Wildman–Crippen MR) is 153 cm³/mol. The third kappa shape index (κ3) is 7.33. The maximum absolute atomic E-state index is 13.1. The number of benzene rings is 2. The fourth-order valence-electron chi connectivity index (χ4n) is 4.28. The lowest BCUT2D eigenvalue weighted by molar-refractivity contribution is 0.101. The summed E-state index contributed by atoms with van der Waals surface area (Å²) in [6.07, 6.45) is 6.67. The van der Waals surface area contributed by atoms with E-state index in [1.807, 2.05) is 24.5 Å². The third-order valence-electron chi connectivity index (χ3n) is 6.42. The molecule has 13 heteroatoms. The quantitative estimate of drug-likeness (QED) is 0.187. The molecule has 1 fully saturated rings. The fraction of sp³-hybridized carbons (Fsp3) is 0.333. The highest BCUT2D eigenvalue weighted by Crippen LogP contribution is 2.32. The number of aromatic hydroxyl groups is 1. The van der Waals surface area contributed by atoms with Crippen molar-refractivity contribution in [1.29, 1.82) is 0 Å². The standard InChI is InChI=1S/C14H12FNO2S.C13H17N3O3S2/c1-9(17)13-6-10(15)8-16-14(13)18-11-4-3-5-12(7-11)19-2;1-8-2-4-9(5-3-8)16-21(18,19)13-11(17)7-6-10-12(13)15-20-14-10/h3-8H,1-2H3;6-9,16-17H,2-5H2,1H3. The van der Waals surface area contributed by atoms with E-state index in [1.165, 1.54) is 13.0 Å². The number of sulfonamides is 1. The van der Waals surface area contributed by atoms with Crippen molar-refractivity contribution in [2.45, 2.75) is 55.4 Å². The first-order valence-corrected chi connectivity index (χ1v) is 16.0. The highest BCUT2D eigenvalue weighted by Gasteiger charge is 2.29. The second kappa shape index (κ2) is 13.0. The van der Waals surface area contributed by atoms with Gasteiger partial charge in [-0.3, -0.25) is 4.79 Å². The predicted octanol–water partition coefficient (Wildman–Crippen LogP) is 6.19. The summed E-state index contributed by atoms with van der Waals surface area (Å²) in [7, 11) is -3.80. The number of ketones is 1. The van der Waals surface area contributed by atoms with E-state index in [2.05, 4.69) is 25.4 Å². The van der Waals surface area contributed by atoms with E-state index < -0.39 is 15.8 Å². The molecule has 212 valence electrons. The van der Waals surface area contributed by atoms with Gasteiger partial charge in [-0.05, 0) is 81.2 Å². The molecule has 0 spiro atoms. The summed E-state index contributed by atoms with van der Waals surface area (Å²) in [5.41, 5.74) is 0.849. The molecule has 1 saturated carbocycles. The van der Waals surface area contributed by atoms with Crippen LogP contribution in [0.5, 0.6) is 17.4 Å². The molecule has 2 aromatic carbocycles. The largest absolute Gasteiger partial charge is 0.506 e. The molecule has 1 aliphatic carbocycles. The number of Topliss-reactive ketones (excluding diaryl/α,β-unsaturated/α-hetero) is 1. The van der Waals surface area contributed by atoms with Gasteiger partial charge in [0.05, 0.1) is 23.5 Å². The van der Waals surface area contributed by atoms with Gasteiger partial charge in [-0.2, -0.15) is 8.75 Å². The number of hydrogen-bond donors (Lipinski definition) is 2. The average Bonchev–Trinajstić information content (AvgIpc) is 3.39. The van der Waals surface area contributed by atoms with Crippen LogP contribution in [-0.4, -0.2) is 45.3 Å². The maximum Gasteiger partial charge on any atom is 0.246 e. The van der Waals surface area contributed by atoms with E-state index >= 15 is 0 Å². The minimum Gasteiger partial charge on any atom is -0.506 e. The zero-order valence-corrected chi connectivity index (χ0v) is 24.6. The Morgan fingerprint density at radius 2 is 1.90 bits per heavy atom. The van der Waals surface area contributed by atoms with Gasteiger partial charge in [-0.1, -0.05) is 13.0 Å². The lowest BCUT2D eigenvalue weighted by atomic mass is 9.88. The summed E-state index contributed by atoms with van der Waals surface area (Å²) < 4.78 is 54.5. The summed E-state index contributed by atoms with van der Waals surface area (Å²) in [5.74, 6) is 0.191. The Morgan fingerprint density at radius 1 is 1.15 bits per heavy atom. The summed E-state index contributed by atoms with van der Waals surface area (Å²) >= 11 is 2.51. The summed E-state index contributed by atoms with van der Waals surface area (Å²) in [6.45, 7) is 3.53. The van der Waals surface area contributed by atoms with Crippen LogP contribution in [-0.2, 0) is 10.0 Å². The number of rotatable bonds is 7. The van der Waals surface area contributed by atoms with Crippen LogP contribution in [0.4, 0.5) is 4.39 Å². The molecule has 0 unspecified atom stereocenters. The van der Waals surface area contributed by atoms with E-state index in [4.69, 9.17) is 4.74 Å². The van der Waals surface area contributed by atoms with Crippen molar-refractivity contribution in [1.82, 2.24) is 18.5 Å². The highest BCUT2D eigenvalue weighted by atomic mass is 32.2. The van der Waals surface area contributed by atoms with E-state index in [0.29, 0.717) is 17.2 Å². The minimum absolute atomic E-state index is 0.0764. The number of nitrogens with zero attached hydrogens (tertiary/aromatic N) is 3. The molecule has 9 nitrogen and oxygen atoms in total. The van der Waals surface area contributed by atoms with Crippen molar-refractivity contribution in [3.8, 4) is 17.4 Å². The van der Waals surface area contributed by atoms with E-state index in [9.17, 15) is 22.7 Å². The first-order valence-electron chi connectivity index (χ1n) is 12.5. The third-order valence-corrected chi connectivity index (χ3v) is 9.27. The minimum atomic E-state index is -3.80. The number of carbonyl (C=O) groups is 1. The number of fused-ring (bicyclic) bond motifs is 1. The van der Waals surface area contributed by atoms with Crippen LogP contribution in [0.2, 0.25) is 0 Å². The Kier molecular flexibility index (Phi) is 9.72. The van der Waals surface area contributed by atoms with Gasteiger partial charge in [-0.15, -0.1) is 11.8 Å². The number of halogens is 1. The van der Waals surface area contributed by atoms with Gasteiger partial charge in [0, 0.05) is 10.9 Å². The second-order valence-corrected chi connectivity index (χ2v) is 12.5. The Labute approximate surface area is 240 Å². The topological polar surface area (TPSA) is 131 Å². The smallest absolute Gasteiger partial charge is 0.246 e. The first kappa shape index (κ1) is 29.8. The Hall–Kier alpha value is -3.13. The molecule has 0 radical (unpaired) electrons. The van der Waals surface area contributed by atoms with Gasteiger partial charge < -0.3 is 9.84 Å². The van der Waals surface area contributed by atoms with Crippen LogP contribution in [0.1, 0.15) is 49.9 Å². The summed E-state index contributed by atoms with van der Waals surface area (Å²) in [4.78, 5) is 16.1. The van der Waals surface area contributed by atoms with E-state index in [0.717, 1.165) is 54.6 Å². The van der Waals surface area contributed by atoms with Crippen LogP contribution in [0.25, 0.3) is 11.0 Å². The monoisotopic (exact) mass is 604 g/mol. The molecule has 0 amide bonds. The molecular formula is C27H29FN4O5S3. The van der Waals surface area contributed by atoms with Gasteiger partial charge in [-0.25, -0.2) is 22.5 Å². The van der Waals surface area contributed by atoms with Crippen molar-refractivity contribution in [2.75, 3.05) is 6.26 Å². The van der Waals surface area contributed by atoms with Gasteiger partial charge >= 0.3 is 0 Å². The Balaban J connectivity index is 0.000000186. The van der Waals surface area contributed by atoms with Crippen LogP contribution in [0.3, 0.4) is 0 Å². The number of ether oxygens (including phenoxy) is 1. The lowest BCUT2D eigenvalue weighted by Crippen LogP contribution is -2.37. The molecule has 1 aliphatic rings. The number of carbonyl (C=O) groups excluding carboxylic acids is 1. The molecule has 2 heterocycles. The van der Waals surface area contributed by atoms with Crippen LogP contribution in [0, 0.1) is 11.7 Å². The molecule has 2 N–H and O–H groups in total. The maximum atomic E-state index is 13.1. The molecular weight excluding hydrogens is 576 g/mol. The highest BCUT2D eigenvalue weighted by molar-refractivity contribution is 7.98. The zero-order chi connectivity index (χ0) is 28.9.